The Morgan fingerprint density at radius 3 is 1.47 bits per heavy atom. The van der Waals surface area contributed by atoms with Crippen molar-refractivity contribution in [1.82, 2.24) is 0 Å². The van der Waals surface area contributed by atoms with Crippen molar-refractivity contribution in [1.29, 1.82) is 0 Å². The molecular formula is C9H10F4O2. The molecule has 0 spiro atoms. The molecule has 0 fully saturated rings. The Kier molecular flexibility index (Phi) is 3.51. The second-order valence-electron chi connectivity index (χ2n) is 2.74. The van der Waals surface area contributed by atoms with Gasteiger partial charge in [-0.3, -0.25) is 0 Å². The maximum Gasteiger partial charge on any atom is 0.282 e. The van der Waals surface area contributed by atoms with Crippen LogP contribution in [0.3, 0.4) is 0 Å². The zero-order chi connectivity index (χ0) is 11.6. The molecule has 0 aromatic heterocycles. The van der Waals surface area contributed by atoms with Crippen LogP contribution in [0.2, 0.25) is 0 Å². The third kappa shape index (κ3) is 1.68. The molecule has 0 atom stereocenters. The average Bonchev–Trinajstić information content (AvgIpc) is 2.36. The highest BCUT2D eigenvalue weighted by atomic mass is 19.2. The number of hydrogen-bond acceptors (Lipinski definition) is 2. The van der Waals surface area contributed by atoms with Crippen LogP contribution >= 0.6 is 0 Å². The lowest BCUT2D eigenvalue weighted by Crippen LogP contribution is -2.36. The fourth-order valence-electron chi connectivity index (χ4n) is 1.28. The molecule has 0 amide bonds. The molecule has 86 valence electrons. The molecule has 0 bridgehead atoms. The zero-order valence-corrected chi connectivity index (χ0v) is 8.24. The maximum absolute atomic E-state index is 13.2. The van der Waals surface area contributed by atoms with E-state index < -0.39 is 29.1 Å². The lowest BCUT2D eigenvalue weighted by molar-refractivity contribution is -0.200. The lowest BCUT2D eigenvalue weighted by Gasteiger charge is -2.26. The summed E-state index contributed by atoms with van der Waals surface area (Å²) in [6, 6.07) is 0. The first kappa shape index (κ1) is 12.2. The van der Waals surface area contributed by atoms with Gasteiger partial charge in [0.05, 0.1) is 0 Å². The summed E-state index contributed by atoms with van der Waals surface area (Å²) in [4.78, 5) is 0. The second kappa shape index (κ2) is 4.32. The normalized spacial score (nSPS) is 20.4. The van der Waals surface area contributed by atoms with Crippen molar-refractivity contribution in [2.24, 2.45) is 0 Å². The van der Waals surface area contributed by atoms with Crippen molar-refractivity contribution in [2.75, 3.05) is 13.2 Å². The number of rotatable bonds is 4. The molecule has 1 aliphatic carbocycles. The van der Waals surface area contributed by atoms with Crippen LogP contribution < -0.4 is 0 Å². The van der Waals surface area contributed by atoms with Crippen LogP contribution in [-0.4, -0.2) is 19.0 Å². The number of allylic oxidation sites excluding steroid dienone is 2. The average molecular weight is 226 g/mol. The van der Waals surface area contributed by atoms with Gasteiger partial charge in [0.15, 0.2) is 11.7 Å². The largest absolute Gasteiger partial charge is 0.339 e. The van der Waals surface area contributed by atoms with Crippen LogP contribution in [0.25, 0.3) is 0 Å². The van der Waals surface area contributed by atoms with Crippen molar-refractivity contribution >= 4 is 0 Å². The van der Waals surface area contributed by atoms with E-state index >= 15 is 0 Å². The minimum atomic E-state index is -2.67. The highest BCUT2D eigenvalue weighted by molar-refractivity contribution is 5.42. The molecule has 15 heavy (non-hydrogen) atoms. The Bertz CT molecular complexity index is 290. The van der Waals surface area contributed by atoms with E-state index in [4.69, 9.17) is 0 Å². The van der Waals surface area contributed by atoms with Gasteiger partial charge >= 0.3 is 0 Å². The first-order chi connectivity index (χ1) is 7.01. The number of halogens is 4. The number of hydrogen-bond donors (Lipinski definition) is 0. The summed E-state index contributed by atoms with van der Waals surface area (Å²) in [6.07, 6.45) is 0. The van der Waals surface area contributed by atoms with Gasteiger partial charge in [0.2, 0.25) is 11.7 Å². The molecule has 6 heteroatoms. The zero-order valence-electron chi connectivity index (χ0n) is 8.24. The van der Waals surface area contributed by atoms with Crippen LogP contribution in [-0.2, 0) is 9.47 Å². The molecule has 0 saturated carbocycles. The van der Waals surface area contributed by atoms with E-state index in [1.807, 2.05) is 0 Å². The molecule has 0 heterocycles. The van der Waals surface area contributed by atoms with Crippen LogP contribution in [0.15, 0.2) is 23.3 Å². The van der Waals surface area contributed by atoms with Gasteiger partial charge in [-0.1, -0.05) is 0 Å². The van der Waals surface area contributed by atoms with Gasteiger partial charge in [-0.25, -0.2) is 17.6 Å². The Morgan fingerprint density at radius 2 is 1.20 bits per heavy atom. The monoisotopic (exact) mass is 226 g/mol. The Hall–Kier alpha value is -0.880. The summed E-state index contributed by atoms with van der Waals surface area (Å²) in [6.45, 7) is 2.55. The van der Waals surface area contributed by atoms with Gasteiger partial charge in [-0.2, -0.15) is 0 Å². The molecule has 1 rings (SSSR count). The topological polar surface area (TPSA) is 18.5 Å². The van der Waals surface area contributed by atoms with Crippen LogP contribution in [0, 0.1) is 0 Å². The van der Waals surface area contributed by atoms with E-state index in [1.165, 1.54) is 13.8 Å². The molecule has 0 unspecified atom stereocenters. The smallest absolute Gasteiger partial charge is 0.282 e. The van der Waals surface area contributed by atoms with Gasteiger partial charge in [-0.15, -0.1) is 0 Å². The van der Waals surface area contributed by atoms with E-state index in [0.29, 0.717) is 0 Å². The predicted molar refractivity (Wildman–Crippen MR) is 44.5 cm³/mol. The first-order valence-electron chi connectivity index (χ1n) is 4.41. The van der Waals surface area contributed by atoms with E-state index in [-0.39, 0.29) is 13.2 Å². The first-order valence-corrected chi connectivity index (χ1v) is 4.41. The Balaban J connectivity index is 3.19. The van der Waals surface area contributed by atoms with Gasteiger partial charge < -0.3 is 9.47 Å². The molecule has 0 aromatic rings. The van der Waals surface area contributed by atoms with Crippen LogP contribution in [0.4, 0.5) is 17.6 Å². The summed E-state index contributed by atoms with van der Waals surface area (Å²) in [5, 5.41) is 0. The van der Waals surface area contributed by atoms with E-state index in [1.54, 1.807) is 0 Å². The van der Waals surface area contributed by atoms with Crippen molar-refractivity contribution in [3.63, 3.8) is 0 Å². The van der Waals surface area contributed by atoms with Crippen LogP contribution in [0.5, 0.6) is 0 Å². The minimum Gasteiger partial charge on any atom is -0.339 e. The standard InChI is InChI=1S/C9H10F4O2/c1-3-14-9(15-4-2)7(12)5(10)6(11)8(9)13/h3-4H2,1-2H3. The van der Waals surface area contributed by atoms with Crippen LogP contribution in [0.1, 0.15) is 13.8 Å². The highest BCUT2D eigenvalue weighted by Gasteiger charge is 2.53. The summed E-state index contributed by atoms with van der Waals surface area (Å²) in [5.41, 5.74) is 0. The Labute approximate surface area is 84.2 Å². The SMILES string of the molecule is CCOC1(OCC)C(F)=C(F)C(F)=C1F. The molecule has 0 saturated heterocycles. The third-order valence-corrected chi connectivity index (χ3v) is 1.85. The van der Waals surface area contributed by atoms with Gasteiger partial charge in [-0.05, 0) is 13.8 Å². The molecule has 0 aliphatic heterocycles. The molecule has 2 nitrogen and oxygen atoms in total. The van der Waals surface area contributed by atoms with Gasteiger partial charge in [0.25, 0.3) is 5.79 Å². The minimum absolute atomic E-state index is 0.151. The third-order valence-electron chi connectivity index (χ3n) is 1.85. The van der Waals surface area contributed by atoms with Crippen molar-refractivity contribution in [3.05, 3.63) is 23.3 Å². The Morgan fingerprint density at radius 1 is 0.867 bits per heavy atom. The summed E-state index contributed by atoms with van der Waals surface area (Å²) in [7, 11) is 0. The van der Waals surface area contributed by atoms with Crippen molar-refractivity contribution in [2.45, 2.75) is 19.6 Å². The van der Waals surface area contributed by atoms with Gasteiger partial charge in [0.1, 0.15) is 0 Å². The van der Waals surface area contributed by atoms with Gasteiger partial charge in [0, 0.05) is 13.2 Å². The molecule has 0 N–H and O–H groups in total. The maximum atomic E-state index is 13.2. The van der Waals surface area contributed by atoms with E-state index in [9.17, 15) is 17.6 Å². The molecular weight excluding hydrogens is 216 g/mol. The summed E-state index contributed by atoms with van der Waals surface area (Å²) >= 11 is 0. The summed E-state index contributed by atoms with van der Waals surface area (Å²) < 4.78 is 61.3. The molecule has 0 aromatic carbocycles. The van der Waals surface area contributed by atoms with E-state index in [2.05, 4.69) is 9.47 Å². The van der Waals surface area contributed by atoms with E-state index in [0.717, 1.165) is 0 Å². The second-order valence-corrected chi connectivity index (χ2v) is 2.74. The van der Waals surface area contributed by atoms with Crippen molar-refractivity contribution in [3.8, 4) is 0 Å². The summed E-state index contributed by atoms with van der Waals surface area (Å²) in [5.74, 6) is -9.93. The molecule has 0 radical (unpaired) electrons. The predicted octanol–water partition coefficient (Wildman–Crippen LogP) is 3.07. The fraction of sp³-hybridized carbons (Fsp3) is 0.556. The highest BCUT2D eigenvalue weighted by Crippen LogP contribution is 2.46. The molecule has 1 aliphatic rings. The quantitative estimate of drug-likeness (QED) is 0.541. The fourth-order valence-corrected chi connectivity index (χ4v) is 1.28. The van der Waals surface area contributed by atoms with Crippen molar-refractivity contribution < 1.29 is 27.0 Å². The number of ether oxygens (including phenoxy) is 2. The lowest BCUT2D eigenvalue weighted by atomic mass is 10.2.